The summed E-state index contributed by atoms with van der Waals surface area (Å²) in [6, 6.07) is 27.8. The van der Waals surface area contributed by atoms with Crippen LogP contribution in [0.1, 0.15) is 41.2 Å². The predicted molar refractivity (Wildman–Crippen MR) is 125 cm³/mol. The third kappa shape index (κ3) is 5.11. The van der Waals surface area contributed by atoms with E-state index < -0.39 is 0 Å². The largest absolute Gasteiger partial charge is 0.337 e. The third-order valence-electron chi connectivity index (χ3n) is 5.46. The van der Waals surface area contributed by atoms with Crippen molar-refractivity contribution < 1.29 is 9.32 Å². The van der Waals surface area contributed by atoms with Crippen molar-refractivity contribution in [3.05, 3.63) is 108 Å². The number of hydrogen-bond acceptors (Lipinski definition) is 4. The molecule has 0 N–H and O–H groups in total. The third-order valence-corrected chi connectivity index (χ3v) is 5.46. The minimum Gasteiger partial charge on any atom is -0.337 e. The summed E-state index contributed by atoms with van der Waals surface area (Å²) >= 11 is 0. The van der Waals surface area contributed by atoms with E-state index in [1.807, 2.05) is 86.6 Å². The molecule has 1 amide bonds. The van der Waals surface area contributed by atoms with E-state index in [1.54, 1.807) is 4.90 Å². The fraction of sp³-hybridized carbons (Fsp3) is 0.222. The van der Waals surface area contributed by atoms with Crippen molar-refractivity contribution in [3.63, 3.8) is 0 Å². The van der Waals surface area contributed by atoms with Gasteiger partial charge in [-0.25, -0.2) is 0 Å². The van der Waals surface area contributed by atoms with Gasteiger partial charge in [0.2, 0.25) is 11.7 Å². The summed E-state index contributed by atoms with van der Waals surface area (Å²) in [5.41, 5.74) is 3.91. The lowest BCUT2D eigenvalue weighted by atomic mass is 9.98. The molecule has 4 aromatic rings. The van der Waals surface area contributed by atoms with E-state index in [2.05, 4.69) is 22.3 Å². The smallest absolute Gasteiger partial charge is 0.254 e. The van der Waals surface area contributed by atoms with Crippen molar-refractivity contribution >= 4 is 5.91 Å². The van der Waals surface area contributed by atoms with Gasteiger partial charge in [0, 0.05) is 17.2 Å². The second-order valence-electron chi connectivity index (χ2n) is 8.05. The lowest BCUT2D eigenvalue weighted by Crippen LogP contribution is -2.37. The molecule has 1 aromatic heterocycles. The summed E-state index contributed by atoms with van der Waals surface area (Å²) in [6.07, 6.45) is 1.69. The van der Waals surface area contributed by atoms with E-state index in [0.717, 1.165) is 29.5 Å². The van der Waals surface area contributed by atoms with E-state index in [9.17, 15) is 4.79 Å². The highest BCUT2D eigenvalue weighted by Gasteiger charge is 2.24. The Morgan fingerprint density at radius 3 is 2.25 bits per heavy atom. The highest BCUT2D eigenvalue weighted by Crippen LogP contribution is 2.20. The van der Waals surface area contributed by atoms with Gasteiger partial charge in [-0.05, 0) is 43.9 Å². The molecule has 0 aliphatic carbocycles. The van der Waals surface area contributed by atoms with Crippen molar-refractivity contribution in [2.75, 3.05) is 0 Å². The van der Waals surface area contributed by atoms with Crippen LogP contribution in [0.3, 0.4) is 0 Å². The van der Waals surface area contributed by atoms with Crippen LogP contribution in [0, 0.1) is 0 Å². The zero-order chi connectivity index (χ0) is 22.3. The Labute approximate surface area is 188 Å². The summed E-state index contributed by atoms with van der Waals surface area (Å²) < 4.78 is 5.47. The van der Waals surface area contributed by atoms with Crippen LogP contribution in [0.15, 0.2) is 89.5 Å². The fourth-order valence-corrected chi connectivity index (χ4v) is 3.68. The summed E-state index contributed by atoms with van der Waals surface area (Å²) in [5.74, 6) is 0.927. The maximum Gasteiger partial charge on any atom is 0.254 e. The number of carbonyl (C=O) groups excluding carboxylic acids is 1. The predicted octanol–water partition coefficient (Wildman–Crippen LogP) is 5.57. The molecule has 4 rings (SSSR count). The molecule has 1 heterocycles. The van der Waals surface area contributed by atoms with Gasteiger partial charge in [-0.15, -0.1) is 0 Å². The molecule has 0 saturated heterocycles. The quantitative estimate of drug-likeness (QED) is 0.370. The van der Waals surface area contributed by atoms with Gasteiger partial charge in [0.05, 0.1) is 0 Å². The monoisotopic (exact) mass is 425 g/mol. The summed E-state index contributed by atoms with van der Waals surface area (Å²) in [5, 5.41) is 4.09. The van der Waals surface area contributed by atoms with Crippen LogP contribution in [-0.2, 0) is 19.4 Å². The van der Waals surface area contributed by atoms with Crippen molar-refractivity contribution in [3.8, 4) is 11.4 Å². The first-order valence-corrected chi connectivity index (χ1v) is 10.9. The Balaban J connectivity index is 1.52. The average molecular weight is 426 g/mol. The van der Waals surface area contributed by atoms with Crippen LogP contribution in [-0.4, -0.2) is 27.0 Å². The van der Waals surface area contributed by atoms with Crippen LogP contribution in [0.5, 0.6) is 0 Å². The summed E-state index contributed by atoms with van der Waals surface area (Å²) in [6.45, 7) is 4.27. The van der Waals surface area contributed by atoms with Crippen LogP contribution in [0.2, 0.25) is 0 Å². The number of aromatic nitrogens is 2. The van der Waals surface area contributed by atoms with Crippen LogP contribution in [0.25, 0.3) is 11.4 Å². The summed E-state index contributed by atoms with van der Waals surface area (Å²) in [4.78, 5) is 19.8. The molecule has 32 heavy (non-hydrogen) atoms. The summed E-state index contributed by atoms with van der Waals surface area (Å²) in [7, 11) is 0. The van der Waals surface area contributed by atoms with Crippen molar-refractivity contribution in [2.45, 2.75) is 39.3 Å². The molecule has 0 aliphatic rings. The Morgan fingerprint density at radius 1 is 0.875 bits per heavy atom. The molecule has 0 unspecified atom stereocenters. The van der Waals surface area contributed by atoms with Gasteiger partial charge in [0.25, 0.3) is 5.91 Å². The van der Waals surface area contributed by atoms with Gasteiger partial charge in [-0.2, -0.15) is 4.98 Å². The Hall–Kier alpha value is -3.73. The SMILES string of the molecule is CC(C)N(Cc1nc(-c2ccccc2)no1)C(=O)c1ccccc1CCc1ccccc1. The number of benzene rings is 3. The van der Waals surface area contributed by atoms with E-state index in [-0.39, 0.29) is 18.5 Å². The highest BCUT2D eigenvalue weighted by atomic mass is 16.5. The molecule has 5 nitrogen and oxygen atoms in total. The zero-order valence-corrected chi connectivity index (χ0v) is 18.4. The number of hydrogen-bond donors (Lipinski definition) is 0. The van der Waals surface area contributed by atoms with Gasteiger partial charge < -0.3 is 9.42 Å². The number of aryl methyl sites for hydroxylation is 2. The Bertz CT molecular complexity index is 1150. The maximum atomic E-state index is 13.5. The van der Waals surface area contributed by atoms with Crippen LogP contribution < -0.4 is 0 Å². The van der Waals surface area contributed by atoms with E-state index in [4.69, 9.17) is 4.52 Å². The van der Waals surface area contributed by atoms with Gasteiger partial charge in [0.1, 0.15) is 6.54 Å². The van der Waals surface area contributed by atoms with Crippen LogP contribution in [0.4, 0.5) is 0 Å². The average Bonchev–Trinajstić information content (AvgIpc) is 3.31. The lowest BCUT2D eigenvalue weighted by Gasteiger charge is -2.26. The minimum absolute atomic E-state index is 0.0169. The second kappa shape index (κ2) is 10.1. The molecular weight excluding hydrogens is 398 g/mol. The van der Waals surface area contributed by atoms with Gasteiger partial charge in [-0.3, -0.25) is 4.79 Å². The first-order chi connectivity index (χ1) is 15.6. The molecule has 0 radical (unpaired) electrons. The molecule has 0 saturated carbocycles. The molecular formula is C27H27N3O2. The number of nitrogens with zero attached hydrogens (tertiary/aromatic N) is 3. The van der Waals surface area contributed by atoms with Crippen molar-refractivity contribution in [1.82, 2.24) is 15.0 Å². The van der Waals surface area contributed by atoms with Gasteiger partial charge in [-0.1, -0.05) is 84.0 Å². The van der Waals surface area contributed by atoms with Crippen molar-refractivity contribution in [2.24, 2.45) is 0 Å². The van der Waals surface area contributed by atoms with Gasteiger partial charge in [0.15, 0.2) is 0 Å². The van der Waals surface area contributed by atoms with E-state index in [1.165, 1.54) is 5.56 Å². The maximum absolute atomic E-state index is 13.5. The molecule has 0 fully saturated rings. The van der Waals surface area contributed by atoms with Gasteiger partial charge >= 0.3 is 0 Å². The molecule has 0 bridgehead atoms. The standard InChI is InChI=1S/C27H27N3O2/c1-20(2)30(19-25-28-26(29-32-25)23-14-7-4-8-15-23)27(31)24-16-10-9-13-22(24)18-17-21-11-5-3-6-12-21/h3-16,20H,17-19H2,1-2H3. The van der Waals surface area contributed by atoms with Crippen molar-refractivity contribution in [1.29, 1.82) is 0 Å². The second-order valence-corrected chi connectivity index (χ2v) is 8.05. The zero-order valence-electron chi connectivity index (χ0n) is 18.4. The molecule has 3 aromatic carbocycles. The first kappa shape index (κ1) is 21.5. The molecule has 5 heteroatoms. The lowest BCUT2D eigenvalue weighted by molar-refractivity contribution is 0.0666. The normalized spacial score (nSPS) is 11.0. The number of carbonyl (C=O) groups is 1. The highest BCUT2D eigenvalue weighted by molar-refractivity contribution is 5.95. The van der Waals surface area contributed by atoms with E-state index >= 15 is 0 Å². The molecule has 162 valence electrons. The van der Waals surface area contributed by atoms with E-state index in [0.29, 0.717) is 11.7 Å². The molecule has 0 spiro atoms. The topological polar surface area (TPSA) is 59.2 Å². The minimum atomic E-state index is -0.0249. The molecule has 0 atom stereocenters. The number of amides is 1. The Kier molecular flexibility index (Phi) is 6.75. The number of rotatable bonds is 8. The van der Waals surface area contributed by atoms with Crippen LogP contribution >= 0.6 is 0 Å². The molecule has 0 aliphatic heterocycles. The Morgan fingerprint density at radius 2 is 1.53 bits per heavy atom. The first-order valence-electron chi connectivity index (χ1n) is 10.9. The fourth-order valence-electron chi connectivity index (χ4n) is 3.68.